The van der Waals surface area contributed by atoms with Crippen LogP contribution in [0, 0.1) is 0 Å². The van der Waals surface area contributed by atoms with Gasteiger partial charge in [0.15, 0.2) is 5.69 Å². The van der Waals surface area contributed by atoms with Crippen LogP contribution >= 0.6 is 11.6 Å². The number of alkyl halides is 3. The molecule has 154 valence electrons. The van der Waals surface area contributed by atoms with Gasteiger partial charge in [0.1, 0.15) is 18.1 Å². The second-order valence-corrected chi connectivity index (χ2v) is 6.81. The number of rotatable bonds is 5. The molecule has 0 saturated carbocycles. The number of carboxylic acids is 1. The average molecular weight is 436 g/mol. The van der Waals surface area contributed by atoms with E-state index in [4.69, 9.17) is 21.4 Å². The number of nitrogens with zero attached hydrogens (tertiary/aromatic N) is 2. The minimum absolute atomic E-state index is 0.0220. The van der Waals surface area contributed by atoms with E-state index in [0.717, 1.165) is 10.7 Å². The lowest BCUT2D eigenvalue weighted by Crippen LogP contribution is -2.08. The molecule has 0 amide bonds. The van der Waals surface area contributed by atoms with E-state index in [-0.39, 0.29) is 23.0 Å². The molecule has 2 aromatic heterocycles. The van der Waals surface area contributed by atoms with Crippen molar-refractivity contribution in [3.8, 4) is 11.4 Å². The molecule has 0 atom stereocenters. The SMILES string of the molecule is O=C(O)c1cc2cc(OCc3cc(C(F)(F)F)nn3-c3ccccc3Cl)ccc2[nH]1. The number of hydrogen-bond acceptors (Lipinski definition) is 3. The Kier molecular flexibility index (Phi) is 4.90. The first-order valence-electron chi connectivity index (χ1n) is 8.62. The lowest BCUT2D eigenvalue weighted by Gasteiger charge is -2.10. The van der Waals surface area contributed by atoms with Crippen molar-refractivity contribution in [2.24, 2.45) is 0 Å². The number of aromatic carboxylic acids is 1. The highest BCUT2D eigenvalue weighted by Gasteiger charge is 2.35. The highest BCUT2D eigenvalue weighted by molar-refractivity contribution is 6.32. The summed E-state index contributed by atoms with van der Waals surface area (Å²) in [5, 5.41) is 13.6. The topological polar surface area (TPSA) is 80.1 Å². The Hall–Kier alpha value is -3.46. The number of hydrogen-bond donors (Lipinski definition) is 2. The summed E-state index contributed by atoms with van der Waals surface area (Å²) in [4.78, 5) is 13.8. The van der Waals surface area contributed by atoms with Crippen LogP contribution in [-0.2, 0) is 12.8 Å². The van der Waals surface area contributed by atoms with Gasteiger partial charge in [-0.3, -0.25) is 0 Å². The van der Waals surface area contributed by atoms with Gasteiger partial charge in [0.2, 0.25) is 0 Å². The van der Waals surface area contributed by atoms with Crippen molar-refractivity contribution in [3.05, 3.63) is 76.7 Å². The summed E-state index contributed by atoms with van der Waals surface area (Å²) < 4.78 is 46.4. The van der Waals surface area contributed by atoms with Gasteiger partial charge in [-0.25, -0.2) is 9.48 Å². The quantitative estimate of drug-likeness (QED) is 0.445. The highest BCUT2D eigenvalue weighted by Crippen LogP contribution is 2.31. The number of carbonyl (C=O) groups is 1. The van der Waals surface area contributed by atoms with E-state index in [1.54, 1.807) is 42.5 Å². The zero-order valence-electron chi connectivity index (χ0n) is 15.1. The highest BCUT2D eigenvalue weighted by atomic mass is 35.5. The summed E-state index contributed by atoms with van der Waals surface area (Å²) in [5.74, 6) is -0.740. The molecule has 4 aromatic rings. The average Bonchev–Trinajstić information content (AvgIpc) is 3.30. The maximum atomic E-state index is 13.2. The number of nitrogens with one attached hydrogen (secondary N) is 1. The van der Waals surface area contributed by atoms with Crippen molar-refractivity contribution in [3.63, 3.8) is 0 Å². The predicted molar refractivity (Wildman–Crippen MR) is 103 cm³/mol. The van der Waals surface area contributed by atoms with E-state index in [9.17, 15) is 18.0 Å². The fraction of sp³-hybridized carbons (Fsp3) is 0.100. The molecule has 0 radical (unpaired) electrons. The number of benzene rings is 2. The largest absolute Gasteiger partial charge is 0.487 e. The van der Waals surface area contributed by atoms with Crippen LogP contribution in [0.4, 0.5) is 13.2 Å². The number of aromatic amines is 1. The molecule has 6 nitrogen and oxygen atoms in total. The van der Waals surface area contributed by atoms with E-state index in [2.05, 4.69) is 10.1 Å². The van der Waals surface area contributed by atoms with Gasteiger partial charge < -0.3 is 14.8 Å². The van der Waals surface area contributed by atoms with E-state index >= 15 is 0 Å². The molecule has 0 bridgehead atoms. The summed E-state index contributed by atoms with van der Waals surface area (Å²) >= 11 is 6.13. The van der Waals surface area contributed by atoms with Gasteiger partial charge in [-0.1, -0.05) is 23.7 Å². The van der Waals surface area contributed by atoms with Crippen molar-refractivity contribution >= 4 is 28.5 Å². The van der Waals surface area contributed by atoms with Gasteiger partial charge in [-0.2, -0.15) is 18.3 Å². The van der Waals surface area contributed by atoms with Crippen LogP contribution in [0.3, 0.4) is 0 Å². The molecule has 30 heavy (non-hydrogen) atoms. The number of H-pyrrole nitrogens is 1. The number of carboxylic acid groups (broad SMARTS) is 1. The fourth-order valence-electron chi connectivity index (χ4n) is 2.97. The molecular formula is C20H13ClF3N3O3. The van der Waals surface area contributed by atoms with Crippen molar-refractivity contribution in [2.45, 2.75) is 12.8 Å². The monoisotopic (exact) mass is 435 g/mol. The number of ether oxygens (including phenoxy) is 1. The van der Waals surface area contributed by atoms with E-state index < -0.39 is 17.8 Å². The predicted octanol–water partition coefficient (Wildman–Crippen LogP) is 5.30. The van der Waals surface area contributed by atoms with Gasteiger partial charge in [-0.05, 0) is 42.5 Å². The standard InChI is InChI=1S/C20H13ClF3N3O3/c21-14-3-1-2-4-17(14)27-12(9-18(26-27)20(22,23)24)10-30-13-5-6-15-11(7-13)8-16(25-15)19(28)29/h1-9,25H,10H2,(H,28,29). The van der Waals surface area contributed by atoms with E-state index in [1.807, 2.05) is 0 Å². The fourth-order valence-corrected chi connectivity index (χ4v) is 3.18. The van der Waals surface area contributed by atoms with Crippen LogP contribution in [0.25, 0.3) is 16.6 Å². The zero-order valence-corrected chi connectivity index (χ0v) is 15.8. The zero-order chi connectivity index (χ0) is 21.5. The van der Waals surface area contributed by atoms with E-state index in [0.29, 0.717) is 22.3 Å². The minimum Gasteiger partial charge on any atom is -0.487 e. The third kappa shape index (κ3) is 3.84. The molecule has 0 unspecified atom stereocenters. The van der Waals surface area contributed by atoms with Crippen molar-refractivity contribution in [1.82, 2.24) is 14.8 Å². The summed E-state index contributed by atoms with van der Waals surface area (Å²) in [6.45, 7) is -0.212. The van der Waals surface area contributed by atoms with Crippen LogP contribution in [0.5, 0.6) is 5.75 Å². The van der Waals surface area contributed by atoms with Crippen LogP contribution < -0.4 is 4.74 Å². The van der Waals surface area contributed by atoms with Crippen molar-refractivity contribution in [1.29, 1.82) is 0 Å². The van der Waals surface area contributed by atoms with Gasteiger partial charge >= 0.3 is 12.1 Å². The molecule has 0 aliphatic rings. The first-order chi connectivity index (χ1) is 14.2. The van der Waals surface area contributed by atoms with Gasteiger partial charge in [0, 0.05) is 10.9 Å². The molecule has 0 aliphatic heterocycles. The lowest BCUT2D eigenvalue weighted by atomic mass is 10.2. The van der Waals surface area contributed by atoms with Gasteiger partial charge in [0.25, 0.3) is 0 Å². The smallest absolute Gasteiger partial charge is 0.435 e. The summed E-state index contributed by atoms with van der Waals surface area (Å²) in [5.41, 5.74) is -0.00143. The number of fused-ring (bicyclic) bond motifs is 1. The maximum absolute atomic E-state index is 13.2. The Labute approximate surface area is 172 Å². The Bertz CT molecular complexity index is 1250. The maximum Gasteiger partial charge on any atom is 0.435 e. The van der Waals surface area contributed by atoms with Crippen molar-refractivity contribution < 1.29 is 27.8 Å². The Morgan fingerprint density at radius 2 is 1.93 bits per heavy atom. The second kappa shape index (κ2) is 7.42. The van der Waals surface area contributed by atoms with Crippen molar-refractivity contribution in [2.75, 3.05) is 0 Å². The normalized spacial score (nSPS) is 11.7. The summed E-state index contributed by atoms with van der Waals surface area (Å²) in [6, 6.07) is 13.6. The molecular weight excluding hydrogens is 423 g/mol. The number of para-hydroxylation sites is 1. The number of halogens is 4. The Morgan fingerprint density at radius 3 is 2.63 bits per heavy atom. The van der Waals surface area contributed by atoms with Crippen LogP contribution in [0.2, 0.25) is 5.02 Å². The summed E-state index contributed by atoms with van der Waals surface area (Å²) in [7, 11) is 0. The lowest BCUT2D eigenvalue weighted by molar-refractivity contribution is -0.141. The molecule has 4 rings (SSSR count). The van der Waals surface area contributed by atoms with Gasteiger partial charge in [-0.15, -0.1) is 0 Å². The van der Waals surface area contributed by atoms with E-state index in [1.165, 1.54) is 6.07 Å². The third-order valence-electron chi connectivity index (χ3n) is 4.36. The van der Waals surface area contributed by atoms with Gasteiger partial charge in [0.05, 0.1) is 16.4 Å². The molecule has 0 saturated heterocycles. The van der Waals surface area contributed by atoms with Crippen LogP contribution in [-0.4, -0.2) is 25.8 Å². The molecule has 0 aliphatic carbocycles. The first-order valence-corrected chi connectivity index (χ1v) is 9.00. The number of aromatic nitrogens is 3. The Balaban J connectivity index is 1.65. The second-order valence-electron chi connectivity index (χ2n) is 6.41. The minimum atomic E-state index is -4.63. The summed E-state index contributed by atoms with van der Waals surface area (Å²) in [6.07, 6.45) is -4.63. The Morgan fingerprint density at radius 1 is 1.17 bits per heavy atom. The van der Waals surface area contributed by atoms with Crippen LogP contribution in [0.1, 0.15) is 21.9 Å². The molecule has 10 heteroatoms. The molecule has 0 spiro atoms. The molecule has 2 heterocycles. The molecule has 2 N–H and O–H groups in total. The van der Waals surface area contributed by atoms with Crippen LogP contribution in [0.15, 0.2) is 54.6 Å². The first kappa shape index (κ1) is 19.8. The molecule has 0 fully saturated rings. The third-order valence-corrected chi connectivity index (χ3v) is 4.68. The molecule has 2 aromatic carbocycles.